The van der Waals surface area contributed by atoms with Crippen LogP contribution in [0.15, 0.2) is 29.3 Å². The molecule has 1 fully saturated rings. The quantitative estimate of drug-likeness (QED) is 0.720. The van der Waals surface area contributed by atoms with Gasteiger partial charge in [-0.1, -0.05) is 0 Å². The van der Waals surface area contributed by atoms with Crippen molar-refractivity contribution in [2.75, 3.05) is 25.5 Å². The third-order valence-electron chi connectivity index (χ3n) is 3.25. The smallest absolute Gasteiger partial charge is 0.337 e. The first-order valence-corrected chi connectivity index (χ1v) is 6.15. The number of methoxy groups -OCH3 is 1. The molecule has 0 aliphatic carbocycles. The first-order valence-electron chi connectivity index (χ1n) is 6.15. The van der Waals surface area contributed by atoms with Crippen molar-refractivity contribution in [2.45, 2.75) is 6.92 Å². The molecule has 0 atom stereocenters. The first kappa shape index (κ1) is 14.1. The molecule has 3 N–H and O–H groups in total. The summed E-state index contributed by atoms with van der Waals surface area (Å²) in [7, 11) is 1.46. The fraction of sp³-hybridized carbons (Fsp3) is 0.286. The fourth-order valence-electron chi connectivity index (χ4n) is 1.83. The number of aromatic carboxylic acids is 1. The zero-order chi connectivity index (χ0) is 14.7. The number of rotatable bonds is 4. The highest BCUT2D eigenvalue weighted by Crippen LogP contribution is 2.23. The molecule has 0 spiro atoms. The number of amides is 1. The van der Waals surface area contributed by atoms with E-state index in [2.05, 4.69) is 10.6 Å². The van der Waals surface area contributed by atoms with Gasteiger partial charge in [-0.05, 0) is 30.7 Å². The van der Waals surface area contributed by atoms with Crippen molar-refractivity contribution in [3.05, 3.63) is 34.9 Å². The lowest BCUT2D eigenvalue weighted by atomic mass is 10.0. The Bertz CT molecular complexity index is 587. The van der Waals surface area contributed by atoms with E-state index in [1.165, 1.54) is 19.2 Å². The van der Waals surface area contributed by atoms with Gasteiger partial charge in [-0.25, -0.2) is 4.79 Å². The number of hydrogen-bond acceptors (Lipinski definition) is 4. The molecule has 1 aliphatic rings. The summed E-state index contributed by atoms with van der Waals surface area (Å²) >= 11 is 0. The Hall–Kier alpha value is -2.34. The van der Waals surface area contributed by atoms with E-state index in [0.29, 0.717) is 24.4 Å². The number of ether oxygens (including phenoxy) is 1. The van der Waals surface area contributed by atoms with Gasteiger partial charge in [0.2, 0.25) is 0 Å². The van der Waals surface area contributed by atoms with Gasteiger partial charge in [0.25, 0.3) is 5.91 Å². The molecule has 1 saturated heterocycles. The lowest BCUT2D eigenvalue weighted by Crippen LogP contribution is -2.36. The number of carboxylic acids is 1. The topological polar surface area (TPSA) is 87.7 Å². The standard InChI is InChI=1S/C14H16N2O4/c1-8(9-6-15-7-9)13(17)16-12-4-3-10(20-2)5-11(12)14(18)19/h3-5,15H,6-7H2,1-2H3,(H,16,17)(H,18,19). The predicted molar refractivity (Wildman–Crippen MR) is 74.2 cm³/mol. The molecule has 2 rings (SSSR count). The van der Waals surface area contributed by atoms with Crippen LogP contribution in [0.2, 0.25) is 0 Å². The second kappa shape index (κ2) is 5.75. The maximum Gasteiger partial charge on any atom is 0.337 e. The summed E-state index contributed by atoms with van der Waals surface area (Å²) in [6, 6.07) is 4.51. The van der Waals surface area contributed by atoms with E-state index in [0.717, 1.165) is 5.57 Å². The summed E-state index contributed by atoms with van der Waals surface area (Å²) in [5, 5.41) is 14.9. The van der Waals surface area contributed by atoms with E-state index < -0.39 is 5.97 Å². The van der Waals surface area contributed by atoms with Crippen molar-refractivity contribution in [3.8, 4) is 5.75 Å². The third kappa shape index (κ3) is 2.80. The van der Waals surface area contributed by atoms with Gasteiger partial charge in [0.15, 0.2) is 0 Å². The van der Waals surface area contributed by atoms with E-state index in [1.54, 1.807) is 13.0 Å². The highest BCUT2D eigenvalue weighted by molar-refractivity contribution is 6.07. The van der Waals surface area contributed by atoms with Crippen LogP contribution in [0.4, 0.5) is 5.69 Å². The normalized spacial score (nSPS) is 13.4. The van der Waals surface area contributed by atoms with Gasteiger partial charge in [-0.2, -0.15) is 0 Å². The second-order valence-electron chi connectivity index (χ2n) is 4.50. The molecule has 0 radical (unpaired) electrons. The van der Waals surface area contributed by atoms with Gasteiger partial charge < -0.3 is 20.5 Å². The van der Waals surface area contributed by atoms with Gasteiger partial charge in [-0.15, -0.1) is 0 Å². The van der Waals surface area contributed by atoms with Crippen molar-refractivity contribution in [2.24, 2.45) is 0 Å². The highest BCUT2D eigenvalue weighted by atomic mass is 16.5. The van der Waals surface area contributed by atoms with E-state index in [-0.39, 0.29) is 17.2 Å². The Kier molecular flexibility index (Phi) is 4.05. The molecule has 6 nitrogen and oxygen atoms in total. The van der Waals surface area contributed by atoms with Crippen LogP contribution in [-0.4, -0.2) is 37.2 Å². The van der Waals surface area contributed by atoms with Crippen LogP contribution in [0.25, 0.3) is 0 Å². The molecule has 1 aromatic rings. The van der Waals surface area contributed by atoms with Crippen LogP contribution in [0.3, 0.4) is 0 Å². The number of anilines is 1. The molecule has 6 heteroatoms. The van der Waals surface area contributed by atoms with E-state index in [1.807, 2.05) is 0 Å². The average molecular weight is 276 g/mol. The Morgan fingerprint density at radius 3 is 2.55 bits per heavy atom. The molecule has 1 amide bonds. The van der Waals surface area contributed by atoms with Gasteiger partial charge >= 0.3 is 5.97 Å². The van der Waals surface area contributed by atoms with Crippen molar-refractivity contribution < 1.29 is 19.4 Å². The number of carbonyl (C=O) groups is 2. The summed E-state index contributed by atoms with van der Waals surface area (Å²) < 4.78 is 4.98. The molecule has 1 heterocycles. The largest absolute Gasteiger partial charge is 0.497 e. The molecular weight excluding hydrogens is 260 g/mol. The molecule has 1 aliphatic heterocycles. The van der Waals surface area contributed by atoms with Gasteiger partial charge in [-0.3, -0.25) is 4.79 Å². The predicted octanol–water partition coefficient (Wildman–Crippen LogP) is 1.25. The minimum Gasteiger partial charge on any atom is -0.497 e. The Morgan fingerprint density at radius 2 is 2.05 bits per heavy atom. The SMILES string of the molecule is COc1ccc(NC(=O)C(C)=C2CNC2)c(C(=O)O)c1. The lowest BCUT2D eigenvalue weighted by molar-refractivity contribution is -0.112. The zero-order valence-electron chi connectivity index (χ0n) is 11.3. The minimum absolute atomic E-state index is 0.00207. The molecular formula is C14H16N2O4. The maximum atomic E-state index is 12.1. The number of carboxylic acid groups (broad SMARTS) is 1. The van der Waals surface area contributed by atoms with Crippen molar-refractivity contribution in [3.63, 3.8) is 0 Å². The average Bonchev–Trinajstić information content (AvgIpc) is 2.36. The van der Waals surface area contributed by atoms with Crippen LogP contribution >= 0.6 is 0 Å². The van der Waals surface area contributed by atoms with E-state index in [4.69, 9.17) is 4.74 Å². The fourth-order valence-corrected chi connectivity index (χ4v) is 1.83. The number of nitrogens with one attached hydrogen (secondary N) is 2. The molecule has 0 saturated carbocycles. The number of hydrogen-bond donors (Lipinski definition) is 3. The number of carbonyl (C=O) groups excluding carboxylic acids is 1. The van der Waals surface area contributed by atoms with Crippen LogP contribution in [0.1, 0.15) is 17.3 Å². The van der Waals surface area contributed by atoms with E-state index in [9.17, 15) is 14.7 Å². The van der Waals surface area contributed by atoms with Crippen LogP contribution in [0.5, 0.6) is 5.75 Å². The highest BCUT2D eigenvalue weighted by Gasteiger charge is 2.18. The third-order valence-corrected chi connectivity index (χ3v) is 3.25. The zero-order valence-corrected chi connectivity index (χ0v) is 11.3. The molecule has 20 heavy (non-hydrogen) atoms. The van der Waals surface area contributed by atoms with Crippen molar-refractivity contribution in [1.29, 1.82) is 0 Å². The summed E-state index contributed by atoms with van der Waals surface area (Å²) in [5.41, 5.74) is 1.92. The summed E-state index contributed by atoms with van der Waals surface area (Å²) in [6.45, 7) is 3.14. The van der Waals surface area contributed by atoms with Crippen LogP contribution < -0.4 is 15.4 Å². The molecule has 0 unspecified atom stereocenters. The lowest BCUT2D eigenvalue weighted by Gasteiger charge is -2.21. The van der Waals surface area contributed by atoms with Crippen molar-refractivity contribution >= 4 is 17.6 Å². The molecule has 1 aromatic carbocycles. The Morgan fingerprint density at radius 1 is 1.35 bits per heavy atom. The first-order chi connectivity index (χ1) is 9.52. The van der Waals surface area contributed by atoms with Gasteiger partial charge in [0.1, 0.15) is 5.75 Å². The summed E-state index contributed by atoms with van der Waals surface area (Å²) in [6.07, 6.45) is 0. The summed E-state index contributed by atoms with van der Waals surface area (Å²) in [5.74, 6) is -0.970. The second-order valence-corrected chi connectivity index (χ2v) is 4.50. The maximum absolute atomic E-state index is 12.1. The van der Waals surface area contributed by atoms with Crippen molar-refractivity contribution in [1.82, 2.24) is 5.32 Å². The van der Waals surface area contributed by atoms with E-state index >= 15 is 0 Å². The van der Waals surface area contributed by atoms with Gasteiger partial charge in [0.05, 0.1) is 18.4 Å². The molecule has 0 bridgehead atoms. The minimum atomic E-state index is -1.12. The number of benzene rings is 1. The Balaban J connectivity index is 2.24. The van der Waals surface area contributed by atoms with Crippen LogP contribution in [-0.2, 0) is 4.79 Å². The van der Waals surface area contributed by atoms with Gasteiger partial charge in [0, 0.05) is 18.7 Å². The summed E-state index contributed by atoms with van der Waals surface area (Å²) in [4.78, 5) is 23.3. The molecule has 0 aromatic heterocycles. The van der Waals surface area contributed by atoms with Crippen LogP contribution in [0, 0.1) is 0 Å². The Labute approximate surface area is 116 Å². The molecule has 106 valence electrons. The monoisotopic (exact) mass is 276 g/mol.